The van der Waals surface area contributed by atoms with Gasteiger partial charge in [-0.15, -0.1) is 0 Å². The summed E-state index contributed by atoms with van der Waals surface area (Å²) < 4.78 is 1.99. The third kappa shape index (κ3) is 4.21. The van der Waals surface area contributed by atoms with Gasteiger partial charge in [0.25, 0.3) is 0 Å². The number of aromatic nitrogens is 2. The van der Waals surface area contributed by atoms with Gasteiger partial charge in [-0.1, -0.05) is 0 Å². The van der Waals surface area contributed by atoms with Crippen molar-refractivity contribution in [1.82, 2.24) is 19.6 Å². The first-order valence-corrected chi connectivity index (χ1v) is 10.8. The van der Waals surface area contributed by atoms with Crippen LogP contribution in [0.2, 0.25) is 0 Å². The Hall–Kier alpha value is -1.40. The minimum absolute atomic E-state index is 0.158. The maximum Gasteiger partial charge on any atom is 0.222 e. The van der Waals surface area contributed by atoms with E-state index in [2.05, 4.69) is 34.1 Å². The van der Waals surface area contributed by atoms with Gasteiger partial charge in [-0.05, 0) is 76.4 Å². The fourth-order valence-electron chi connectivity index (χ4n) is 5.23. The van der Waals surface area contributed by atoms with Gasteiger partial charge in [-0.25, -0.2) is 0 Å². The van der Waals surface area contributed by atoms with Crippen molar-refractivity contribution in [3.8, 4) is 0 Å². The molecule has 1 aliphatic carbocycles. The van der Waals surface area contributed by atoms with Gasteiger partial charge in [0.2, 0.25) is 5.91 Å². The molecule has 1 spiro atoms. The fourth-order valence-corrected chi connectivity index (χ4v) is 5.23. The standard InChI is InChI=1S/C21H34N4O2/c1-2-24-12-8-17(22-24)15-23-13-10-21(11-14-23)9-7-20(27)25(16-21)18-3-5-19(26)6-4-18/h8,12,18-19,26H,2-7,9-11,13-16H2,1H3. The van der Waals surface area contributed by atoms with Gasteiger partial charge < -0.3 is 10.0 Å². The predicted octanol–water partition coefficient (Wildman–Crippen LogP) is 2.41. The molecule has 0 bridgehead atoms. The number of piperidine rings is 2. The molecule has 3 fully saturated rings. The van der Waals surface area contributed by atoms with E-state index in [9.17, 15) is 9.90 Å². The van der Waals surface area contributed by atoms with Gasteiger partial charge in [0.15, 0.2) is 0 Å². The zero-order valence-corrected chi connectivity index (χ0v) is 16.6. The summed E-state index contributed by atoms with van der Waals surface area (Å²) in [6, 6.07) is 2.49. The van der Waals surface area contributed by atoms with Crippen molar-refractivity contribution in [1.29, 1.82) is 0 Å². The van der Waals surface area contributed by atoms with Crippen LogP contribution in [0.3, 0.4) is 0 Å². The van der Waals surface area contributed by atoms with E-state index in [1.165, 1.54) is 12.8 Å². The lowest BCUT2D eigenvalue weighted by Crippen LogP contribution is -2.55. The summed E-state index contributed by atoms with van der Waals surface area (Å²) >= 11 is 0. The molecular formula is C21H34N4O2. The van der Waals surface area contributed by atoms with Gasteiger partial charge in [-0.3, -0.25) is 14.4 Å². The van der Waals surface area contributed by atoms with Gasteiger partial charge in [-0.2, -0.15) is 5.10 Å². The molecule has 27 heavy (non-hydrogen) atoms. The molecule has 0 aromatic carbocycles. The van der Waals surface area contributed by atoms with Crippen molar-refractivity contribution in [2.75, 3.05) is 19.6 Å². The first-order chi connectivity index (χ1) is 13.1. The molecular weight excluding hydrogens is 340 g/mol. The molecule has 3 heterocycles. The number of aryl methyl sites for hydroxylation is 1. The lowest BCUT2D eigenvalue weighted by molar-refractivity contribution is -0.143. The summed E-state index contributed by atoms with van der Waals surface area (Å²) in [5, 5.41) is 14.4. The second-order valence-electron chi connectivity index (χ2n) is 8.92. The molecule has 1 amide bonds. The second kappa shape index (κ2) is 7.92. The molecule has 3 aliphatic rings. The Balaban J connectivity index is 1.33. The smallest absolute Gasteiger partial charge is 0.222 e. The van der Waals surface area contributed by atoms with Crippen LogP contribution >= 0.6 is 0 Å². The Labute approximate surface area is 162 Å². The molecule has 6 nitrogen and oxygen atoms in total. The van der Waals surface area contributed by atoms with Crippen LogP contribution in [0.5, 0.6) is 0 Å². The van der Waals surface area contributed by atoms with Crippen LogP contribution in [-0.4, -0.2) is 62.4 Å². The van der Waals surface area contributed by atoms with Gasteiger partial charge in [0, 0.05) is 38.3 Å². The number of carbonyl (C=O) groups is 1. The maximum atomic E-state index is 12.6. The van der Waals surface area contributed by atoms with E-state index in [1.807, 2.05) is 4.68 Å². The normalized spacial score (nSPS) is 29.4. The Morgan fingerprint density at radius 3 is 2.59 bits per heavy atom. The number of hydrogen-bond donors (Lipinski definition) is 1. The first kappa shape index (κ1) is 18.9. The van der Waals surface area contributed by atoms with Crippen LogP contribution in [0.4, 0.5) is 0 Å². The molecule has 2 saturated heterocycles. The first-order valence-electron chi connectivity index (χ1n) is 10.8. The summed E-state index contributed by atoms with van der Waals surface area (Å²) in [5.74, 6) is 0.342. The minimum Gasteiger partial charge on any atom is -0.393 e. The number of aliphatic hydroxyl groups is 1. The highest BCUT2D eigenvalue weighted by Gasteiger charge is 2.43. The number of amides is 1. The monoisotopic (exact) mass is 374 g/mol. The number of carbonyl (C=O) groups excluding carboxylic acids is 1. The highest BCUT2D eigenvalue weighted by molar-refractivity contribution is 5.77. The summed E-state index contributed by atoms with van der Waals surface area (Å²) in [7, 11) is 0. The zero-order chi connectivity index (χ0) is 18.9. The van der Waals surface area contributed by atoms with E-state index in [4.69, 9.17) is 0 Å². The van der Waals surface area contributed by atoms with Gasteiger partial charge in [0.05, 0.1) is 11.8 Å². The summed E-state index contributed by atoms with van der Waals surface area (Å²) in [4.78, 5) is 17.3. The van der Waals surface area contributed by atoms with E-state index >= 15 is 0 Å². The molecule has 0 unspecified atom stereocenters. The van der Waals surface area contributed by atoms with Crippen molar-refractivity contribution < 1.29 is 9.90 Å². The van der Waals surface area contributed by atoms with Gasteiger partial charge in [0.1, 0.15) is 0 Å². The number of likely N-dealkylation sites (tertiary alicyclic amines) is 2. The fraction of sp³-hybridized carbons (Fsp3) is 0.810. The predicted molar refractivity (Wildman–Crippen MR) is 104 cm³/mol. The Morgan fingerprint density at radius 2 is 1.93 bits per heavy atom. The maximum absolute atomic E-state index is 12.6. The largest absolute Gasteiger partial charge is 0.393 e. The molecule has 0 atom stereocenters. The van der Waals surface area contributed by atoms with Crippen LogP contribution in [0, 0.1) is 5.41 Å². The zero-order valence-electron chi connectivity index (χ0n) is 16.6. The molecule has 1 aromatic heterocycles. The topological polar surface area (TPSA) is 61.6 Å². The van der Waals surface area contributed by atoms with Crippen LogP contribution in [0.25, 0.3) is 0 Å². The molecule has 1 saturated carbocycles. The van der Waals surface area contributed by atoms with Crippen molar-refractivity contribution in [3.63, 3.8) is 0 Å². The molecule has 150 valence electrons. The van der Waals surface area contributed by atoms with Gasteiger partial charge >= 0.3 is 0 Å². The molecule has 0 radical (unpaired) electrons. The third-order valence-electron chi connectivity index (χ3n) is 7.12. The number of nitrogens with zero attached hydrogens (tertiary/aromatic N) is 4. The third-order valence-corrected chi connectivity index (χ3v) is 7.12. The van der Waals surface area contributed by atoms with Crippen molar-refractivity contribution in [3.05, 3.63) is 18.0 Å². The molecule has 6 heteroatoms. The van der Waals surface area contributed by atoms with Crippen molar-refractivity contribution in [2.45, 2.75) is 83.5 Å². The lowest BCUT2D eigenvalue weighted by Gasteiger charge is -2.50. The van der Waals surface area contributed by atoms with E-state index in [-0.39, 0.29) is 6.10 Å². The Morgan fingerprint density at radius 1 is 1.19 bits per heavy atom. The Bertz CT molecular complexity index is 642. The van der Waals surface area contributed by atoms with E-state index < -0.39 is 0 Å². The second-order valence-corrected chi connectivity index (χ2v) is 8.92. The van der Waals surface area contributed by atoms with Crippen molar-refractivity contribution >= 4 is 5.91 Å². The van der Waals surface area contributed by atoms with E-state index in [0.717, 1.165) is 70.5 Å². The SMILES string of the molecule is CCn1ccc(CN2CCC3(CCC(=O)N(C4CCC(O)CC4)C3)CC2)n1. The average molecular weight is 375 g/mol. The van der Waals surface area contributed by atoms with Crippen LogP contribution < -0.4 is 0 Å². The summed E-state index contributed by atoms with van der Waals surface area (Å²) in [6.07, 6.45) is 9.65. The highest BCUT2D eigenvalue weighted by atomic mass is 16.3. The molecule has 4 rings (SSSR count). The van der Waals surface area contributed by atoms with Crippen LogP contribution in [-0.2, 0) is 17.9 Å². The van der Waals surface area contributed by atoms with Crippen molar-refractivity contribution in [2.24, 2.45) is 5.41 Å². The summed E-state index contributed by atoms with van der Waals surface area (Å²) in [5.41, 5.74) is 1.47. The van der Waals surface area contributed by atoms with E-state index in [1.54, 1.807) is 0 Å². The molecule has 1 N–H and O–H groups in total. The Kier molecular flexibility index (Phi) is 5.55. The van der Waals surface area contributed by atoms with E-state index in [0.29, 0.717) is 23.8 Å². The highest BCUT2D eigenvalue weighted by Crippen LogP contribution is 2.42. The van der Waals surface area contributed by atoms with Crippen LogP contribution in [0.1, 0.15) is 64.0 Å². The summed E-state index contributed by atoms with van der Waals surface area (Å²) in [6.45, 7) is 7.11. The number of hydrogen-bond acceptors (Lipinski definition) is 4. The average Bonchev–Trinajstić information content (AvgIpc) is 3.14. The molecule has 1 aromatic rings. The number of aliphatic hydroxyl groups excluding tert-OH is 1. The number of rotatable bonds is 4. The van der Waals surface area contributed by atoms with Crippen LogP contribution in [0.15, 0.2) is 12.3 Å². The quantitative estimate of drug-likeness (QED) is 0.879. The minimum atomic E-state index is -0.158. The lowest BCUT2D eigenvalue weighted by atomic mass is 9.71. The molecule has 2 aliphatic heterocycles.